The van der Waals surface area contributed by atoms with Crippen molar-refractivity contribution in [3.05, 3.63) is 23.2 Å². The molecule has 0 radical (unpaired) electrons. The van der Waals surface area contributed by atoms with Gasteiger partial charge < -0.3 is 9.84 Å². The molecule has 0 spiro atoms. The Morgan fingerprint density at radius 2 is 2.31 bits per heavy atom. The van der Waals surface area contributed by atoms with Gasteiger partial charge in [0.25, 0.3) is 5.91 Å². The summed E-state index contributed by atoms with van der Waals surface area (Å²) in [7, 11) is 0. The molecule has 1 aliphatic heterocycles. The Morgan fingerprint density at radius 1 is 1.56 bits per heavy atom. The molecule has 0 atom stereocenters. The van der Waals surface area contributed by atoms with Crippen molar-refractivity contribution in [1.29, 1.82) is 0 Å². The molecule has 0 saturated carbocycles. The molecule has 16 heavy (non-hydrogen) atoms. The first-order valence-corrected chi connectivity index (χ1v) is 4.90. The van der Waals surface area contributed by atoms with Gasteiger partial charge in [-0.1, -0.05) is 11.6 Å². The minimum absolute atomic E-state index is 0.151. The number of carbonyl (C=O) groups is 2. The number of hydrogen-bond acceptors (Lipinski definition) is 3. The van der Waals surface area contributed by atoms with Gasteiger partial charge in [-0.3, -0.25) is 14.5 Å². The number of carboxylic acid groups (broad SMARTS) is 1. The third-order valence-corrected chi connectivity index (χ3v) is 2.39. The van der Waals surface area contributed by atoms with Crippen molar-refractivity contribution in [2.45, 2.75) is 0 Å². The number of amides is 1. The minimum Gasteiger partial charge on any atom is -0.482 e. The van der Waals surface area contributed by atoms with Crippen LogP contribution in [0.5, 0.6) is 5.75 Å². The lowest BCUT2D eigenvalue weighted by atomic mass is 10.2. The summed E-state index contributed by atoms with van der Waals surface area (Å²) in [6.07, 6.45) is 0. The predicted octanol–water partition coefficient (Wildman–Crippen LogP) is 1.15. The first-order chi connectivity index (χ1) is 7.58. The molecule has 0 aromatic heterocycles. The Kier molecular flexibility index (Phi) is 2.70. The molecule has 5 nitrogen and oxygen atoms in total. The van der Waals surface area contributed by atoms with Gasteiger partial charge in [0.2, 0.25) is 0 Å². The highest BCUT2D eigenvalue weighted by Gasteiger charge is 2.27. The average Bonchev–Trinajstić information content (AvgIpc) is 2.22. The summed E-state index contributed by atoms with van der Waals surface area (Å²) in [5.41, 5.74) is 0.395. The molecule has 1 amide bonds. The second-order valence-electron chi connectivity index (χ2n) is 3.27. The van der Waals surface area contributed by atoms with Crippen LogP contribution in [-0.4, -0.2) is 30.1 Å². The Hall–Kier alpha value is -1.75. The zero-order chi connectivity index (χ0) is 11.7. The zero-order valence-corrected chi connectivity index (χ0v) is 8.90. The lowest BCUT2D eigenvalue weighted by molar-refractivity contribution is -0.137. The number of benzene rings is 1. The zero-order valence-electron chi connectivity index (χ0n) is 8.14. The van der Waals surface area contributed by atoms with Crippen molar-refractivity contribution >= 4 is 29.2 Å². The number of anilines is 1. The van der Waals surface area contributed by atoms with Crippen molar-refractivity contribution in [2.24, 2.45) is 0 Å². The summed E-state index contributed by atoms with van der Waals surface area (Å²) in [6, 6.07) is 4.74. The molecule has 1 aromatic carbocycles. The highest BCUT2D eigenvalue weighted by atomic mass is 35.5. The Labute approximate surface area is 96.2 Å². The number of aliphatic carboxylic acids is 1. The molecular formula is C10H8ClNO4. The highest BCUT2D eigenvalue weighted by molar-refractivity contribution is 6.31. The molecular weight excluding hydrogens is 234 g/mol. The van der Waals surface area contributed by atoms with E-state index in [9.17, 15) is 9.59 Å². The largest absolute Gasteiger partial charge is 0.482 e. The maximum Gasteiger partial charge on any atom is 0.323 e. The monoisotopic (exact) mass is 241 g/mol. The average molecular weight is 242 g/mol. The molecule has 0 aliphatic carbocycles. The summed E-state index contributed by atoms with van der Waals surface area (Å²) in [5.74, 6) is -1.01. The molecule has 0 saturated heterocycles. The van der Waals surface area contributed by atoms with E-state index in [0.29, 0.717) is 16.5 Å². The van der Waals surface area contributed by atoms with Gasteiger partial charge >= 0.3 is 5.97 Å². The second-order valence-corrected chi connectivity index (χ2v) is 3.71. The maximum absolute atomic E-state index is 11.5. The molecule has 0 fully saturated rings. The number of fused-ring (bicyclic) bond motifs is 1. The molecule has 1 aliphatic rings. The Balaban J connectivity index is 2.42. The van der Waals surface area contributed by atoms with Crippen LogP contribution in [0.25, 0.3) is 0 Å². The molecule has 1 heterocycles. The van der Waals surface area contributed by atoms with Crippen LogP contribution in [0.1, 0.15) is 0 Å². The van der Waals surface area contributed by atoms with Gasteiger partial charge in [0.1, 0.15) is 12.3 Å². The lowest BCUT2D eigenvalue weighted by Crippen LogP contribution is -2.41. The van der Waals surface area contributed by atoms with Crippen LogP contribution in [0.3, 0.4) is 0 Å². The van der Waals surface area contributed by atoms with Gasteiger partial charge in [-0.2, -0.15) is 0 Å². The Morgan fingerprint density at radius 3 is 3.00 bits per heavy atom. The molecule has 6 heteroatoms. The maximum atomic E-state index is 11.5. The van der Waals surface area contributed by atoms with E-state index >= 15 is 0 Å². The second kappa shape index (κ2) is 4.02. The number of halogens is 1. The van der Waals surface area contributed by atoms with Crippen molar-refractivity contribution in [2.75, 3.05) is 18.1 Å². The van der Waals surface area contributed by atoms with Gasteiger partial charge in [0.15, 0.2) is 6.61 Å². The van der Waals surface area contributed by atoms with Crippen LogP contribution < -0.4 is 9.64 Å². The number of ether oxygens (including phenoxy) is 1. The van der Waals surface area contributed by atoms with Crippen molar-refractivity contribution in [3.8, 4) is 5.75 Å². The van der Waals surface area contributed by atoms with E-state index in [1.165, 1.54) is 6.07 Å². The summed E-state index contributed by atoms with van der Waals surface area (Å²) in [5, 5.41) is 9.13. The van der Waals surface area contributed by atoms with Crippen LogP contribution in [0, 0.1) is 0 Å². The van der Waals surface area contributed by atoms with Crippen LogP contribution in [-0.2, 0) is 9.59 Å². The molecule has 2 rings (SSSR count). The number of carbonyl (C=O) groups excluding carboxylic acids is 1. The lowest BCUT2D eigenvalue weighted by Gasteiger charge is -2.28. The molecule has 0 unspecified atom stereocenters. The smallest absolute Gasteiger partial charge is 0.323 e. The standard InChI is InChI=1S/C10H8ClNO4/c11-6-1-2-8-7(3-6)12(4-10(14)15)9(13)5-16-8/h1-3H,4-5H2,(H,14,15). The number of nitrogens with zero attached hydrogens (tertiary/aromatic N) is 1. The van der Waals surface area contributed by atoms with Gasteiger partial charge in [0, 0.05) is 5.02 Å². The SMILES string of the molecule is O=C(O)CN1C(=O)COc2ccc(Cl)cc21. The van der Waals surface area contributed by atoms with E-state index in [1.54, 1.807) is 12.1 Å². The topological polar surface area (TPSA) is 66.8 Å². The van der Waals surface area contributed by atoms with Crippen LogP contribution in [0.15, 0.2) is 18.2 Å². The third kappa shape index (κ3) is 1.94. The summed E-state index contributed by atoms with van der Waals surface area (Å²) in [4.78, 5) is 23.3. The molecule has 84 valence electrons. The fourth-order valence-corrected chi connectivity index (χ4v) is 1.65. The normalized spacial score (nSPS) is 14.3. The number of hydrogen-bond donors (Lipinski definition) is 1. The molecule has 0 bridgehead atoms. The molecule has 1 N–H and O–H groups in total. The first kappa shape index (κ1) is 10.8. The predicted molar refractivity (Wildman–Crippen MR) is 56.9 cm³/mol. The van der Waals surface area contributed by atoms with E-state index in [-0.39, 0.29) is 6.61 Å². The van der Waals surface area contributed by atoms with Gasteiger partial charge in [-0.15, -0.1) is 0 Å². The summed E-state index contributed by atoms with van der Waals surface area (Å²) in [6.45, 7) is -0.544. The summed E-state index contributed by atoms with van der Waals surface area (Å²) >= 11 is 5.79. The van der Waals surface area contributed by atoms with Crippen molar-refractivity contribution < 1.29 is 19.4 Å². The Bertz CT molecular complexity index is 460. The van der Waals surface area contributed by atoms with Crippen molar-refractivity contribution in [1.82, 2.24) is 0 Å². The minimum atomic E-state index is -1.08. The van der Waals surface area contributed by atoms with Crippen molar-refractivity contribution in [3.63, 3.8) is 0 Å². The first-order valence-electron chi connectivity index (χ1n) is 4.52. The van der Waals surface area contributed by atoms with E-state index in [2.05, 4.69) is 0 Å². The number of rotatable bonds is 2. The fourth-order valence-electron chi connectivity index (χ4n) is 1.48. The van der Waals surface area contributed by atoms with E-state index in [1.807, 2.05) is 0 Å². The van der Waals surface area contributed by atoms with E-state index in [4.69, 9.17) is 21.4 Å². The summed E-state index contributed by atoms with van der Waals surface area (Å²) < 4.78 is 5.16. The third-order valence-electron chi connectivity index (χ3n) is 2.16. The highest BCUT2D eigenvalue weighted by Crippen LogP contribution is 2.34. The van der Waals surface area contributed by atoms with Gasteiger partial charge in [-0.05, 0) is 18.2 Å². The molecule has 1 aromatic rings. The van der Waals surface area contributed by atoms with E-state index in [0.717, 1.165) is 4.90 Å². The van der Waals surface area contributed by atoms with Crippen LogP contribution in [0.4, 0.5) is 5.69 Å². The van der Waals surface area contributed by atoms with E-state index < -0.39 is 18.4 Å². The number of carboxylic acids is 1. The van der Waals surface area contributed by atoms with Gasteiger partial charge in [-0.25, -0.2) is 0 Å². The van der Waals surface area contributed by atoms with Crippen LogP contribution in [0.2, 0.25) is 5.02 Å². The fraction of sp³-hybridized carbons (Fsp3) is 0.200. The van der Waals surface area contributed by atoms with Crippen LogP contribution >= 0.6 is 11.6 Å². The quantitative estimate of drug-likeness (QED) is 0.844. The van der Waals surface area contributed by atoms with Gasteiger partial charge in [0.05, 0.1) is 5.69 Å².